The molecule has 1 rings (SSSR count). The van der Waals surface area contributed by atoms with E-state index in [9.17, 15) is 0 Å². The molecule has 0 aromatic carbocycles. The molecule has 1 heterocycles. The molecule has 0 bridgehead atoms. The van der Waals surface area contributed by atoms with Crippen molar-refractivity contribution in [1.82, 2.24) is 10.2 Å². The predicted molar refractivity (Wildman–Crippen MR) is 71.8 cm³/mol. The molecule has 1 unspecified atom stereocenters. The Bertz CT molecular complexity index is 184. The first-order valence-electron chi connectivity index (χ1n) is 7.00. The van der Waals surface area contributed by atoms with Crippen LogP contribution in [0.1, 0.15) is 53.4 Å². The molecule has 1 atom stereocenters. The summed E-state index contributed by atoms with van der Waals surface area (Å²) in [5, 5.41) is 3.53. The van der Waals surface area contributed by atoms with Crippen molar-refractivity contribution in [3.05, 3.63) is 0 Å². The highest BCUT2D eigenvalue weighted by atomic mass is 15.2. The lowest BCUT2D eigenvalue weighted by atomic mass is 9.84. The molecule has 0 aromatic heterocycles. The van der Waals surface area contributed by atoms with Gasteiger partial charge in [-0.3, -0.25) is 4.90 Å². The first-order valence-corrected chi connectivity index (χ1v) is 7.00. The quantitative estimate of drug-likeness (QED) is 0.725. The van der Waals surface area contributed by atoms with E-state index in [4.69, 9.17) is 0 Å². The summed E-state index contributed by atoms with van der Waals surface area (Å²) in [5.74, 6) is 0. The minimum atomic E-state index is 0.401. The number of nitrogens with zero attached hydrogens (tertiary/aromatic N) is 1. The van der Waals surface area contributed by atoms with Gasteiger partial charge in [0.05, 0.1) is 0 Å². The van der Waals surface area contributed by atoms with E-state index in [-0.39, 0.29) is 0 Å². The van der Waals surface area contributed by atoms with Crippen LogP contribution in [-0.2, 0) is 0 Å². The van der Waals surface area contributed by atoms with Crippen LogP contribution >= 0.6 is 0 Å². The third kappa shape index (κ3) is 4.42. The van der Waals surface area contributed by atoms with Crippen molar-refractivity contribution in [2.45, 2.75) is 59.4 Å². The van der Waals surface area contributed by atoms with Gasteiger partial charge in [0, 0.05) is 25.7 Å². The second-order valence-corrected chi connectivity index (χ2v) is 6.18. The zero-order chi connectivity index (χ0) is 12.0. The molecule has 0 saturated carbocycles. The Hall–Kier alpha value is -0.0800. The summed E-state index contributed by atoms with van der Waals surface area (Å²) < 4.78 is 0. The van der Waals surface area contributed by atoms with Crippen LogP contribution in [0.3, 0.4) is 0 Å². The van der Waals surface area contributed by atoms with Gasteiger partial charge in [0.2, 0.25) is 0 Å². The van der Waals surface area contributed by atoms with Crippen LogP contribution < -0.4 is 5.32 Å². The van der Waals surface area contributed by atoms with Gasteiger partial charge in [0.1, 0.15) is 0 Å². The van der Waals surface area contributed by atoms with Crippen molar-refractivity contribution in [2.75, 3.05) is 26.2 Å². The first-order chi connectivity index (χ1) is 7.55. The molecular weight excluding hydrogens is 196 g/mol. The van der Waals surface area contributed by atoms with Crippen LogP contribution in [-0.4, -0.2) is 37.1 Å². The second-order valence-electron chi connectivity index (χ2n) is 6.18. The first kappa shape index (κ1) is 14.0. The number of unbranched alkanes of at least 4 members (excludes halogenated alkanes) is 3. The van der Waals surface area contributed by atoms with Crippen LogP contribution in [0.15, 0.2) is 0 Å². The molecule has 1 N–H and O–H groups in total. The van der Waals surface area contributed by atoms with E-state index < -0.39 is 0 Å². The third-order valence-electron chi connectivity index (χ3n) is 3.65. The molecule has 1 aliphatic heterocycles. The zero-order valence-electron chi connectivity index (χ0n) is 11.7. The molecule has 0 aliphatic carbocycles. The maximum absolute atomic E-state index is 3.53. The van der Waals surface area contributed by atoms with Crippen molar-refractivity contribution in [1.29, 1.82) is 0 Å². The summed E-state index contributed by atoms with van der Waals surface area (Å²) in [5.41, 5.74) is 0.401. The average Bonchev–Trinajstić information content (AvgIpc) is 2.24. The summed E-state index contributed by atoms with van der Waals surface area (Å²) in [7, 11) is 0. The number of hydrogen-bond donors (Lipinski definition) is 1. The number of hydrogen-bond acceptors (Lipinski definition) is 2. The Morgan fingerprint density at radius 2 is 1.94 bits per heavy atom. The minimum Gasteiger partial charge on any atom is -0.314 e. The Kier molecular flexibility index (Phi) is 5.77. The van der Waals surface area contributed by atoms with Gasteiger partial charge in [-0.15, -0.1) is 0 Å². The number of nitrogens with one attached hydrogen (secondary N) is 1. The Morgan fingerprint density at radius 1 is 1.19 bits per heavy atom. The maximum atomic E-state index is 3.53. The molecule has 96 valence electrons. The number of piperazine rings is 1. The summed E-state index contributed by atoms with van der Waals surface area (Å²) in [6.07, 6.45) is 5.51. The summed E-state index contributed by atoms with van der Waals surface area (Å²) in [6.45, 7) is 14.2. The molecule has 0 spiro atoms. The Balaban J connectivity index is 2.35. The van der Waals surface area contributed by atoms with Crippen LogP contribution in [0, 0.1) is 5.41 Å². The van der Waals surface area contributed by atoms with Gasteiger partial charge < -0.3 is 5.32 Å². The highest BCUT2D eigenvalue weighted by molar-refractivity contribution is 4.88. The predicted octanol–water partition coefficient (Wildman–Crippen LogP) is 2.89. The van der Waals surface area contributed by atoms with Gasteiger partial charge in [-0.1, -0.05) is 47.0 Å². The SMILES string of the molecule is CCCCCCN1CCNCC1C(C)(C)C. The maximum Gasteiger partial charge on any atom is 0.0269 e. The lowest BCUT2D eigenvalue weighted by molar-refractivity contribution is 0.0738. The van der Waals surface area contributed by atoms with Crippen molar-refractivity contribution in [3.8, 4) is 0 Å². The third-order valence-corrected chi connectivity index (χ3v) is 3.65. The molecule has 2 nitrogen and oxygen atoms in total. The minimum absolute atomic E-state index is 0.401. The van der Waals surface area contributed by atoms with E-state index in [2.05, 4.69) is 37.9 Å². The molecule has 2 heteroatoms. The van der Waals surface area contributed by atoms with E-state index in [0.29, 0.717) is 11.5 Å². The van der Waals surface area contributed by atoms with E-state index in [1.165, 1.54) is 45.3 Å². The molecule has 16 heavy (non-hydrogen) atoms. The Morgan fingerprint density at radius 3 is 2.56 bits per heavy atom. The highest BCUT2D eigenvalue weighted by Crippen LogP contribution is 2.25. The zero-order valence-corrected chi connectivity index (χ0v) is 11.7. The van der Waals surface area contributed by atoms with Gasteiger partial charge in [0.15, 0.2) is 0 Å². The van der Waals surface area contributed by atoms with E-state index in [0.717, 1.165) is 6.54 Å². The lowest BCUT2D eigenvalue weighted by Crippen LogP contribution is -2.56. The van der Waals surface area contributed by atoms with E-state index in [1.807, 2.05) is 0 Å². The normalized spacial score (nSPS) is 23.6. The molecule has 1 saturated heterocycles. The van der Waals surface area contributed by atoms with Gasteiger partial charge in [0.25, 0.3) is 0 Å². The molecule has 1 aliphatic rings. The summed E-state index contributed by atoms with van der Waals surface area (Å²) >= 11 is 0. The van der Waals surface area contributed by atoms with Gasteiger partial charge in [-0.2, -0.15) is 0 Å². The van der Waals surface area contributed by atoms with Gasteiger partial charge in [-0.05, 0) is 18.4 Å². The topological polar surface area (TPSA) is 15.3 Å². The number of rotatable bonds is 5. The standard InChI is InChI=1S/C14H30N2/c1-5-6-7-8-10-16-11-9-15-12-13(16)14(2,3)4/h13,15H,5-12H2,1-4H3. The molecular formula is C14H30N2. The van der Waals surface area contributed by atoms with Crippen molar-refractivity contribution < 1.29 is 0 Å². The second kappa shape index (κ2) is 6.61. The monoisotopic (exact) mass is 226 g/mol. The van der Waals surface area contributed by atoms with E-state index in [1.54, 1.807) is 0 Å². The molecule has 1 fully saturated rings. The average molecular weight is 226 g/mol. The largest absolute Gasteiger partial charge is 0.314 e. The fourth-order valence-electron chi connectivity index (χ4n) is 2.61. The highest BCUT2D eigenvalue weighted by Gasteiger charge is 2.31. The summed E-state index contributed by atoms with van der Waals surface area (Å²) in [6, 6.07) is 0.711. The van der Waals surface area contributed by atoms with Crippen molar-refractivity contribution in [3.63, 3.8) is 0 Å². The smallest absolute Gasteiger partial charge is 0.0269 e. The van der Waals surface area contributed by atoms with Crippen molar-refractivity contribution >= 4 is 0 Å². The Labute approximate surface area is 102 Å². The van der Waals surface area contributed by atoms with Gasteiger partial charge in [-0.25, -0.2) is 0 Å². The molecule has 0 radical (unpaired) electrons. The lowest BCUT2D eigenvalue weighted by Gasteiger charge is -2.43. The van der Waals surface area contributed by atoms with Crippen LogP contribution in [0.2, 0.25) is 0 Å². The molecule has 0 amide bonds. The molecule has 0 aromatic rings. The summed E-state index contributed by atoms with van der Waals surface area (Å²) in [4.78, 5) is 2.70. The fraction of sp³-hybridized carbons (Fsp3) is 1.00. The van der Waals surface area contributed by atoms with Crippen molar-refractivity contribution in [2.24, 2.45) is 5.41 Å². The fourth-order valence-corrected chi connectivity index (χ4v) is 2.61. The van der Waals surface area contributed by atoms with Gasteiger partial charge >= 0.3 is 0 Å². The van der Waals surface area contributed by atoms with Crippen LogP contribution in [0.4, 0.5) is 0 Å². The van der Waals surface area contributed by atoms with Crippen LogP contribution in [0.25, 0.3) is 0 Å². The van der Waals surface area contributed by atoms with Crippen LogP contribution in [0.5, 0.6) is 0 Å². The van der Waals surface area contributed by atoms with E-state index >= 15 is 0 Å².